The Balaban J connectivity index is 1.99. The molecule has 1 N–H and O–H groups in total. The maximum absolute atomic E-state index is 11.7. The van der Waals surface area contributed by atoms with Gasteiger partial charge >= 0.3 is 0 Å². The quantitative estimate of drug-likeness (QED) is 0.892. The van der Waals surface area contributed by atoms with Gasteiger partial charge in [0.2, 0.25) is 5.91 Å². The number of halogens is 1. The van der Waals surface area contributed by atoms with Gasteiger partial charge in [-0.15, -0.1) is 0 Å². The number of aromatic nitrogens is 1. The smallest absolute Gasteiger partial charge is 0.231 e. The predicted molar refractivity (Wildman–Crippen MR) is 59.5 cm³/mol. The molecule has 1 atom stereocenters. The number of anilines is 1. The van der Waals surface area contributed by atoms with Crippen LogP contribution in [-0.2, 0) is 9.53 Å². The Labute approximate surface area is 96.2 Å². The third kappa shape index (κ3) is 2.76. The van der Waals surface area contributed by atoms with E-state index in [0.29, 0.717) is 19.0 Å². The second-order valence-electron chi connectivity index (χ2n) is 3.41. The number of amides is 1. The molecule has 0 aromatic carbocycles. The molecule has 0 radical (unpaired) electrons. The van der Waals surface area contributed by atoms with E-state index < -0.39 is 0 Å². The van der Waals surface area contributed by atoms with Gasteiger partial charge in [0.05, 0.1) is 12.5 Å². The molecule has 2 heterocycles. The molecule has 1 amide bonds. The molecule has 1 aromatic rings. The van der Waals surface area contributed by atoms with Crippen LogP contribution in [-0.4, -0.2) is 24.1 Å². The topological polar surface area (TPSA) is 51.2 Å². The minimum atomic E-state index is -0.0363. The van der Waals surface area contributed by atoms with Crippen molar-refractivity contribution in [2.24, 2.45) is 5.92 Å². The molecule has 1 unspecified atom stereocenters. The van der Waals surface area contributed by atoms with Crippen molar-refractivity contribution in [2.45, 2.75) is 6.42 Å². The molecule has 1 fully saturated rings. The summed E-state index contributed by atoms with van der Waals surface area (Å²) < 4.78 is 6.05. The summed E-state index contributed by atoms with van der Waals surface area (Å²) in [6.45, 7) is 1.18. The van der Waals surface area contributed by atoms with Crippen molar-refractivity contribution in [1.29, 1.82) is 0 Å². The van der Waals surface area contributed by atoms with E-state index in [1.165, 1.54) is 0 Å². The highest BCUT2D eigenvalue weighted by Gasteiger charge is 2.23. The van der Waals surface area contributed by atoms with Gasteiger partial charge in [-0.1, -0.05) is 15.9 Å². The minimum Gasteiger partial charge on any atom is -0.381 e. The van der Waals surface area contributed by atoms with Crippen LogP contribution >= 0.6 is 15.9 Å². The minimum absolute atomic E-state index is 0.0156. The van der Waals surface area contributed by atoms with Crippen molar-refractivity contribution in [3.8, 4) is 0 Å². The monoisotopic (exact) mass is 270 g/mol. The molecule has 0 spiro atoms. The zero-order valence-electron chi connectivity index (χ0n) is 8.07. The van der Waals surface area contributed by atoms with Crippen molar-refractivity contribution in [3.05, 3.63) is 22.8 Å². The van der Waals surface area contributed by atoms with Crippen LogP contribution in [0.4, 0.5) is 5.82 Å². The first-order valence-electron chi connectivity index (χ1n) is 4.76. The van der Waals surface area contributed by atoms with Gasteiger partial charge in [0.1, 0.15) is 5.82 Å². The Hall–Kier alpha value is -0.940. The summed E-state index contributed by atoms with van der Waals surface area (Å²) >= 11 is 3.32. The van der Waals surface area contributed by atoms with Gasteiger partial charge in [0.25, 0.3) is 0 Å². The normalized spacial score (nSPS) is 20.2. The molecule has 1 aliphatic heterocycles. The summed E-state index contributed by atoms with van der Waals surface area (Å²) in [7, 11) is 0. The fourth-order valence-corrected chi connectivity index (χ4v) is 1.78. The number of carbonyl (C=O) groups excluding carboxylic acids is 1. The van der Waals surface area contributed by atoms with Crippen LogP contribution in [0, 0.1) is 5.92 Å². The lowest BCUT2D eigenvalue weighted by molar-refractivity contribution is -0.119. The largest absolute Gasteiger partial charge is 0.381 e. The number of rotatable bonds is 2. The first kappa shape index (κ1) is 10.6. The number of nitrogens with one attached hydrogen (secondary N) is 1. The Kier molecular flexibility index (Phi) is 3.33. The van der Waals surface area contributed by atoms with Gasteiger partial charge in [-0.05, 0) is 18.6 Å². The summed E-state index contributed by atoms with van der Waals surface area (Å²) in [5.74, 6) is 0.519. The summed E-state index contributed by atoms with van der Waals surface area (Å²) in [6.07, 6.45) is 2.44. The first-order valence-corrected chi connectivity index (χ1v) is 5.55. The van der Waals surface area contributed by atoms with E-state index in [2.05, 4.69) is 26.2 Å². The molecule has 1 aliphatic rings. The standard InChI is InChI=1S/C10H11BrN2O2/c11-8-1-3-12-9(5-8)13-10(14)7-2-4-15-6-7/h1,3,5,7H,2,4,6H2,(H,12,13,14). The van der Waals surface area contributed by atoms with Gasteiger partial charge < -0.3 is 10.1 Å². The summed E-state index contributed by atoms with van der Waals surface area (Å²) in [5.41, 5.74) is 0. The first-order chi connectivity index (χ1) is 7.25. The van der Waals surface area contributed by atoms with E-state index in [1.807, 2.05) is 6.07 Å². The Morgan fingerprint density at radius 3 is 3.20 bits per heavy atom. The van der Waals surface area contributed by atoms with E-state index in [0.717, 1.165) is 10.9 Å². The molecule has 5 heteroatoms. The van der Waals surface area contributed by atoms with Crippen LogP contribution in [0.3, 0.4) is 0 Å². The lowest BCUT2D eigenvalue weighted by atomic mass is 10.1. The van der Waals surface area contributed by atoms with Crippen LogP contribution < -0.4 is 5.32 Å². The molecular formula is C10H11BrN2O2. The number of nitrogens with zero attached hydrogens (tertiary/aromatic N) is 1. The molecule has 0 saturated carbocycles. The summed E-state index contributed by atoms with van der Waals surface area (Å²) in [5, 5.41) is 2.76. The molecule has 0 bridgehead atoms. The average Bonchev–Trinajstić information content (AvgIpc) is 2.70. The number of hydrogen-bond acceptors (Lipinski definition) is 3. The van der Waals surface area contributed by atoms with Crippen molar-refractivity contribution in [2.75, 3.05) is 18.5 Å². The third-order valence-corrected chi connectivity index (χ3v) is 2.77. The van der Waals surface area contributed by atoms with Gasteiger partial charge in [-0.25, -0.2) is 4.98 Å². The van der Waals surface area contributed by atoms with Crippen LogP contribution in [0.15, 0.2) is 22.8 Å². The lowest BCUT2D eigenvalue weighted by Gasteiger charge is -2.08. The van der Waals surface area contributed by atoms with E-state index >= 15 is 0 Å². The lowest BCUT2D eigenvalue weighted by Crippen LogP contribution is -2.23. The third-order valence-electron chi connectivity index (χ3n) is 2.27. The number of pyridine rings is 1. The van der Waals surface area contributed by atoms with E-state index in [-0.39, 0.29) is 11.8 Å². The van der Waals surface area contributed by atoms with Crippen molar-refractivity contribution in [3.63, 3.8) is 0 Å². The van der Waals surface area contributed by atoms with E-state index in [1.54, 1.807) is 12.3 Å². The highest BCUT2D eigenvalue weighted by atomic mass is 79.9. The maximum atomic E-state index is 11.7. The van der Waals surface area contributed by atoms with Crippen LogP contribution in [0.2, 0.25) is 0 Å². The van der Waals surface area contributed by atoms with Crippen LogP contribution in [0.25, 0.3) is 0 Å². The Bertz CT molecular complexity index is 364. The molecule has 80 valence electrons. The molecule has 1 aromatic heterocycles. The molecule has 15 heavy (non-hydrogen) atoms. The van der Waals surface area contributed by atoms with Gasteiger partial charge in [-0.3, -0.25) is 4.79 Å². The molecule has 4 nitrogen and oxygen atoms in total. The molecule has 2 rings (SSSR count). The Morgan fingerprint density at radius 1 is 1.67 bits per heavy atom. The highest BCUT2D eigenvalue weighted by Crippen LogP contribution is 2.16. The van der Waals surface area contributed by atoms with Crippen molar-refractivity contribution < 1.29 is 9.53 Å². The van der Waals surface area contributed by atoms with Gasteiger partial charge in [-0.2, -0.15) is 0 Å². The van der Waals surface area contributed by atoms with Crippen LogP contribution in [0.5, 0.6) is 0 Å². The predicted octanol–water partition coefficient (Wildman–Crippen LogP) is 1.82. The SMILES string of the molecule is O=C(Nc1cc(Br)ccn1)C1CCOC1. The fourth-order valence-electron chi connectivity index (χ4n) is 1.44. The maximum Gasteiger partial charge on any atom is 0.231 e. The molecular weight excluding hydrogens is 260 g/mol. The van der Waals surface area contributed by atoms with E-state index in [4.69, 9.17) is 4.74 Å². The second-order valence-corrected chi connectivity index (χ2v) is 4.32. The zero-order chi connectivity index (χ0) is 10.7. The van der Waals surface area contributed by atoms with Gasteiger partial charge in [0.15, 0.2) is 0 Å². The summed E-state index contributed by atoms with van der Waals surface area (Å²) in [6, 6.07) is 3.59. The number of carbonyl (C=O) groups is 1. The second kappa shape index (κ2) is 4.72. The molecule has 1 saturated heterocycles. The average molecular weight is 271 g/mol. The molecule has 0 aliphatic carbocycles. The van der Waals surface area contributed by atoms with Crippen molar-refractivity contribution >= 4 is 27.7 Å². The highest BCUT2D eigenvalue weighted by molar-refractivity contribution is 9.10. The van der Waals surface area contributed by atoms with Gasteiger partial charge in [0, 0.05) is 17.3 Å². The summed E-state index contributed by atoms with van der Waals surface area (Å²) in [4.78, 5) is 15.7. The van der Waals surface area contributed by atoms with Crippen molar-refractivity contribution in [1.82, 2.24) is 4.98 Å². The Morgan fingerprint density at radius 2 is 2.53 bits per heavy atom. The number of hydrogen-bond donors (Lipinski definition) is 1. The fraction of sp³-hybridized carbons (Fsp3) is 0.400. The van der Waals surface area contributed by atoms with E-state index in [9.17, 15) is 4.79 Å². The number of ether oxygens (including phenoxy) is 1. The zero-order valence-corrected chi connectivity index (χ0v) is 9.66. The van der Waals surface area contributed by atoms with Crippen LogP contribution in [0.1, 0.15) is 6.42 Å².